The van der Waals surface area contributed by atoms with E-state index < -0.39 is 15.8 Å². The molecule has 1 heterocycles. The van der Waals surface area contributed by atoms with Crippen LogP contribution in [0.3, 0.4) is 0 Å². The van der Waals surface area contributed by atoms with E-state index in [4.69, 9.17) is 14.2 Å². The minimum Gasteiger partial charge on any atom is -0.493 e. The Morgan fingerprint density at radius 3 is 2.09 bits per heavy atom. The standard InChI is InChI=1S/C25H22N2O6S/c1-17-23(34(29,30)20-12-8-5-9-13-20)24(27(26-17)19-10-6-4-7-11-19)33-25(28)18-14-15-21(31-2)22(16-18)32-3/h4-16H,1-3H3. The van der Waals surface area contributed by atoms with E-state index in [1.54, 1.807) is 55.5 Å². The fourth-order valence-corrected chi connectivity index (χ4v) is 5.00. The third-order valence-electron chi connectivity index (χ3n) is 5.10. The number of esters is 1. The third kappa shape index (κ3) is 4.25. The molecule has 1 aromatic heterocycles. The molecule has 174 valence electrons. The summed E-state index contributed by atoms with van der Waals surface area (Å²) in [5.41, 5.74) is 0.886. The van der Waals surface area contributed by atoms with Gasteiger partial charge in [0.2, 0.25) is 15.7 Å². The van der Waals surface area contributed by atoms with Gasteiger partial charge in [0.05, 0.1) is 36.1 Å². The molecule has 0 N–H and O–H groups in total. The normalized spacial score (nSPS) is 11.1. The van der Waals surface area contributed by atoms with Gasteiger partial charge in [-0.3, -0.25) is 0 Å². The lowest BCUT2D eigenvalue weighted by atomic mass is 10.2. The Bertz CT molecular complexity index is 1430. The summed E-state index contributed by atoms with van der Waals surface area (Å²) in [6.07, 6.45) is 0. The van der Waals surface area contributed by atoms with E-state index in [1.807, 2.05) is 6.07 Å². The van der Waals surface area contributed by atoms with Crippen molar-refractivity contribution in [3.63, 3.8) is 0 Å². The van der Waals surface area contributed by atoms with E-state index in [0.29, 0.717) is 17.2 Å². The first-order chi connectivity index (χ1) is 16.4. The summed E-state index contributed by atoms with van der Waals surface area (Å²) in [4.78, 5) is 13.0. The molecule has 0 saturated heterocycles. The molecule has 0 saturated carbocycles. The highest BCUT2D eigenvalue weighted by atomic mass is 32.2. The SMILES string of the molecule is COc1ccc(C(=O)Oc2c(S(=O)(=O)c3ccccc3)c(C)nn2-c2ccccc2)cc1OC. The van der Waals surface area contributed by atoms with E-state index in [0.717, 1.165) is 0 Å². The number of ether oxygens (including phenoxy) is 3. The Morgan fingerprint density at radius 1 is 0.853 bits per heavy atom. The van der Waals surface area contributed by atoms with Gasteiger partial charge in [-0.05, 0) is 49.4 Å². The van der Waals surface area contributed by atoms with Gasteiger partial charge in [0.15, 0.2) is 16.4 Å². The van der Waals surface area contributed by atoms with E-state index in [1.165, 1.54) is 43.2 Å². The van der Waals surface area contributed by atoms with Crippen LogP contribution in [-0.4, -0.2) is 38.4 Å². The Hall–Kier alpha value is -4.11. The van der Waals surface area contributed by atoms with Crippen molar-refractivity contribution < 1.29 is 27.4 Å². The summed E-state index contributed by atoms with van der Waals surface area (Å²) in [6, 6.07) is 21.3. The molecular formula is C25H22N2O6S. The van der Waals surface area contributed by atoms with Crippen molar-refractivity contribution in [3.05, 3.63) is 90.1 Å². The number of aryl methyl sites for hydroxylation is 1. The second kappa shape index (κ2) is 9.40. The van der Waals surface area contributed by atoms with Crippen molar-refractivity contribution in [2.24, 2.45) is 0 Å². The molecule has 8 nitrogen and oxygen atoms in total. The van der Waals surface area contributed by atoms with E-state index in [9.17, 15) is 13.2 Å². The Balaban J connectivity index is 1.86. The number of aromatic nitrogens is 2. The molecule has 0 bridgehead atoms. The molecule has 0 fully saturated rings. The van der Waals surface area contributed by atoms with Gasteiger partial charge in [0.25, 0.3) is 0 Å². The molecule has 9 heteroatoms. The summed E-state index contributed by atoms with van der Waals surface area (Å²) in [7, 11) is -1.11. The third-order valence-corrected chi connectivity index (χ3v) is 7.00. The summed E-state index contributed by atoms with van der Waals surface area (Å²) < 4.78 is 44.6. The molecule has 0 radical (unpaired) electrons. The van der Waals surface area contributed by atoms with Gasteiger partial charge in [-0.2, -0.15) is 9.78 Å². The lowest BCUT2D eigenvalue weighted by molar-refractivity contribution is 0.0717. The number of benzene rings is 3. The van der Waals surface area contributed by atoms with Crippen molar-refractivity contribution in [3.8, 4) is 23.1 Å². The Morgan fingerprint density at radius 2 is 1.47 bits per heavy atom. The van der Waals surface area contributed by atoms with Gasteiger partial charge in [0.1, 0.15) is 0 Å². The maximum absolute atomic E-state index is 13.5. The molecular weight excluding hydrogens is 456 g/mol. The lowest BCUT2D eigenvalue weighted by Crippen LogP contribution is -2.14. The van der Waals surface area contributed by atoms with Gasteiger partial charge >= 0.3 is 5.97 Å². The molecule has 3 aromatic carbocycles. The van der Waals surface area contributed by atoms with Crippen LogP contribution in [0.25, 0.3) is 5.69 Å². The number of carbonyl (C=O) groups is 1. The van der Waals surface area contributed by atoms with Crippen LogP contribution in [0.2, 0.25) is 0 Å². The molecule has 0 aliphatic rings. The number of hydrogen-bond acceptors (Lipinski definition) is 7. The number of carbonyl (C=O) groups excluding carboxylic acids is 1. The highest BCUT2D eigenvalue weighted by Crippen LogP contribution is 2.35. The van der Waals surface area contributed by atoms with E-state index >= 15 is 0 Å². The Kier molecular flexibility index (Phi) is 6.38. The number of sulfone groups is 1. The summed E-state index contributed by atoms with van der Waals surface area (Å²) in [5.74, 6) is -0.201. The first-order valence-electron chi connectivity index (χ1n) is 10.3. The van der Waals surface area contributed by atoms with Crippen LogP contribution < -0.4 is 14.2 Å². The predicted molar refractivity (Wildman–Crippen MR) is 125 cm³/mol. The van der Waals surface area contributed by atoms with Gasteiger partial charge in [0, 0.05) is 0 Å². The maximum Gasteiger partial charge on any atom is 0.345 e. The topological polar surface area (TPSA) is 96.7 Å². The number of hydrogen-bond donors (Lipinski definition) is 0. The molecule has 4 rings (SSSR count). The van der Waals surface area contributed by atoms with Gasteiger partial charge in [-0.25, -0.2) is 13.2 Å². The van der Waals surface area contributed by atoms with Crippen LogP contribution in [0.1, 0.15) is 16.1 Å². The second-order valence-corrected chi connectivity index (χ2v) is 9.13. The van der Waals surface area contributed by atoms with Crippen molar-refractivity contribution in [2.45, 2.75) is 16.7 Å². The molecule has 0 unspecified atom stereocenters. The smallest absolute Gasteiger partial charge is 0.345 e. The fraction of sp³-hybridized carbons (Fsp3) is 0.120. The quantitative estimate of drug-likeness (QED) is 0.366. The molecule has 34 heavy (non-hydrogen) atoms. The van der Waals surface area contributed by atoms with Gasteiger partial charge in [-0.15, -0.1) is 0 Å². The highest BCUT2D eigenvalue weighted by molar-refractivity contribution is 7.91. The van der Waals surface area contributed by atoms with Crippen LogP contribution in [0.15, 0.2) is 88.7 Å². The highest BCUT2D eigenvalue weighted by Gasteiger charge is 2.32. The van der Waals surface area contributed by atoms with Crippen LogP contribution in [0.4, 0.5) is 0 Å². The summed E-state index contributed by atoms with van der Waals surface area (Å²) in [6.45, 7) is 1.56. The van der Waals surface area contributed by atoms with Crippen molar-refractivity contribution >= 4 is 15.8 Å². The van der Waals surface area contributed by atoms with Crippen LogP contribution in [0.5, 0.6) is 17.4 Å². The van der Waals surface area contributed by atoms with Crippen LogP contribution >= 0.6 is 0 Å². The average molecular weight is 479 g/mol. The fourth-order valence-electron chi connectivity index (χ4n) is 3.46. The summed E-state index contributed by atoms with van der Waals surface area (Å²) >= 11 is 0. The zero-order valence-electron chi connectivity index (χ0n) is 18.8. The lowest BCUT2D eigenvalue weighted by Gasteiger charge is -2.12. The molecule has 0 atom stereocenters. The largest absolute Gasteiger partial charge is 0.493 e. The first-order valence-corrected chi connectivity index (χ1v) is 11.7. The van der Waals surface area contributed by atoms with Gasteiger partial charge in [-0.1, -0.05) is 36.4 Å². The van der Waals surface area contributed by atoms with Crippen molar-refractivity contribution in [2.75, 3.05) is 14.2 Å². The van der Waals surface area contributed by atoms with Crippen molar-refractivity contribution in [1.29, 1.82) is 0 Å². The number of methoxy groups -OCH3 is 2. The zero-order chi connectivity index (χ0) is 24.3. The number of nitrogens with zero attached hydrogens (tertiary/aromatic N) is 2. The maximum atomic E-state index is 13.5. The monoisotopic (exact) mass is 478 g/mol. The molecule has 0 amide bonds. The number of para-hydroxylation sites is 1. The molecule has 0 spiro atoms. The van der Waals surface area contributed by atoms with E-state index in [2.05, 4.69) is 5.10 Å². The molecule has 0 aliphatic carbocycles. The van der Waals surface area contributed by atoms with E-state index in [-0.39, 0.29) is 26.9 Å². The minimum atomic E-state index is -4.04. The predicted octanol–water partition coefficient (Wildman–Crippen LogP) is 4.25. The minimum absolute atomic E-state index is 0.0640. The molecule has 4 aromatic rings. The summed E-state index contributed by atoms with van der Waals surface area (Å²) in [5, 5.41) is 4.40. The van der Waals surface area contributed by atoms with Crippen LogP contribution in [0, 0.1) is 6.92 Å². The number of rotatable bonds is 7. The van der Waals surface area contributed by atoms with Crippen LogP contribution in [-0.2, 0) is 9.84 Å². The average Bonchev–Trinajstić information content (AvgIpc) is 3.20. The molecule has 0 aliphatic heterocycles. The Labute approximate surface area is 197 Å². The zero-order valence-corrected chi connectivity index (χ0v) is 19.6. The first kappa shape index (κ1) is 23.1. The van der Waals surface area contributed by atoms with Crippen molar-refractivity contribution in [1.82, 2.24) is 9.78 Å². The second-order valence-electron chi connectivity index (χ2n) is 7.24. The van der Waals surface area contributed by atoms with Gasteiger partial charge < -0.3 is 14.2 Å².